The summed E-state index contributed by atoms with van der Waals surface area (Å²) in [5.41, 5.74) is 0.391. The van der Waals surface area contributed by atoms with Crippen molar-refractivity contribution in [2.75, 3.05) is 19.6 Å². The van der Waals surface area contributed by atoms with E-state index in [1.54, 1.807) is 4.90 Å². The molecular formula is C14H18F2N2O. The average molecular weight is 268 g/mol. The number of amides is 1. The summed E-state index contributed by atoms with van der Waals surface area (Å²) in [6.45, 7) is 6.08. The number of rotatable bonds is 2. The number of carbonyl (C=O) groups is 1. The van der Waals surface area contributed by atoms with Crippen LogP contribution in [0.1, 0.15) is 19.4 Å². The third kappa shape index (κ3) is 3.50. The normalized spacial score (nSPS) is 18.4. The fraction of sp³-hybridized carbons (Fsp3) is 0.500. The number of hydrogen-bond donors (Lipinski definition) is 1. The maximum absolute atomic E-state index is 13.1. The Morgan fingerprint density at radius 2 is 2.11 bits per heavy atom. The number of halogens is 2. The molecule has 0 saturated carbocycles. The Bertz CT molecular complexity index is 488. The van der Waals surface area contributed by atoms with Crippen molar-refractivity contribution in [2.24, 2.45) is 0 Å². The molecule has 0 spiro atoms. The Morgan fingerprint density at radius 1 is 1.37 bits per heavy atom. The average Bonchev–Trinajstić information content (AvgIpc) is 2.32. The van der Waals surface area contributed by atoms with E-state index >= 15 is 0 Å². The number of piperazine rings is 1. The Hall–Kier alpha value is -1.49. The molecule has 1 aliphatic rings. The number of nitrogens with one attached hydrogen (secondary N) is 1. The summed E-state index contributed by atoms with van der Waals surface area (Å²) in [5.74, 6) is -1.86. The van der Waals surface area contributed by atoms with Crippen LogP contribution >= 0.6 is 0 Å². The summed E-state index contributed by atoms with van der Waals surface area (Å²) in [6, 6.07) is 3.59. The minimum absolute atomic E-state index is 0.0550. The van der Waals surface area contributed by atoms with Gasteiger partial charge in [-0.3, -0.25) is 4.79 Å². The smallest absolute Gasteiger partial charge is 0.227 e. The highest BCUT2D eigenvalue weighted by Gasteiger charge is 2.28. The molecule has 0 aliphatic carbocycles. The highest BCUT2D eigenvalue weighted by atomic mass is 19.2. The molecule has 19 heavy (non-hydrogen) atoms. The zero-order chi connectivity index (χ0) is 14.0. The first-order valence-corrected chi connectivity index (χ1v) is 6.34. The van der Waals surface area contributed by atoms with E-state index in [9.17, 15) is 13.6 Å². The summed E-state index contributed by atoms with van der Waals surface area (Å²) in [4.78, 5) is 13.9. The van der Waals surface area contributed by atoms with E-state index in [-0.39, 0.29) is 17.9 Å². The van der Waals surface area contributed by atoms with Gasteiger partial charge in [0.05, 0.1) is 6.42 Å². The molecule has 1 aromatic rings. The van der Waals surface area contributed by atoms with Crippen LogP contribution in [-0.2, 0) is 11.2 Å². The van der Waals surface area contributed by atoms with Crippen LogP contribution in [0.25, 0.3) is 0 Å². The Kier molecular flexibility index (Phi) is 3.85. The molecule has 1 heterocycles. The van der Waals surface area contributed by atoms with Crippen molar-refractivity contribution in [1.29, 1.82) is 0 Å². The highest BCUT2D eigenvalue weighted by molar-refractivity contribution is 5.79. The van der Waals surface area contributed by atoms with Gasteiger partial charge in [-0.05, 0) is 31.5 Å². The third-order valence-electron chi connectivity index (χ3n) is 3.26. The molecule has 104 valence electrons. The molecule has 0 atom stereocenters. The lowest BCUT2D eigenvalue weighted by atomic mass is 10.0. The van der Waals surface area contributed by atoms with Crippen LogP contribution in [-0.4, -0.2) is 36.0 Å². The topological polar surface area (TPSA) is 32.3 Å². The van der Waals surface area contributed by atoms with Crippen LogP contribution in [0.5, 0.6) is 0 Å². The van der Waals surface area contributed by atoms with E-state index in [0.29, 0.717) is 18.7 Å². The van der Waals surface area contributed by atoms with E-state index < -0.39 is 11.6 Å². The van der Waals surface area contributed by atoms with Gasteiger partial charge < -0.3 is 10.2 Å². The maximum Gasteiger partial charge on any atom is 0.227 e. The lowest BCUT2D eigenvalue weighted by Gasteiger charge is -2.39. The molecule has 2 rings (SSSR count). The Labute approximate surface area is 111 Å². The number of nitrogens with zero attached hydrogens (tertiary/aromatic N) is 1. The van der Waals surface area contributed by atoms with Gasteiger partial charge in [0.15, 0.2) is 11.6 Å². The van der Waals surface area contributed by atoms with Crippen LogP contribution in [0.2, 0.25) is 0 Å². The van der Waals surface area contributed by atoms with Gasteiger partial charge in [0.2, 0.25) is 5.91 Å². The molecule has 0 unspecified atom stereocenters. The van der Waals surface area contributed by atoms with Gasteiger partial charge in [0.25, 0.3) is 0 Å². The van der Waals surface area contributed by atoms with Crippen molar-refractivity contribution in [2.45, 2.75) is 25.8 Å². The summed E-state index contributed by atoms with van der Waals surface area (Å²) >= 11 is 0. The zero-order valence-corrected chi connectivity index (χ0v) is 11.2. The second-order valence-electron chi connectivity index (χ2n) is 5.55. The maximum atomic E-state index is 13.1. The van der Waals surface area contributed by atoms with Gasteiger partial charge in [0, 0.05) is 25.2 Å². The molecule has 3 nitrogen and oxygen atoms in total. The van der Waals surface area contributed by atoms with E-state index in [0.717, 1.165) is 18.7 Å². The molecule has 0 bridgehead atoms. The lowest BCUT2D eigenvalue weighted by Crippen LogP contribution is -2.58. The monoisotopic (exact) mass is 268 g/mol. The number of hydrogen-bond acceptors (Lipinski definition) is 2. The predicted octanol–water partition coefficient (Wildman–Crippen LogP) is 1.72. The van der Waals surface area contributed by atoms with Crippen molar-refractivity contribution in [3.63, 3.8) is 0 Å². The van der Waals surface area contributed by atoms with Gasteiger partial charge in [0.1, 0.15) is 0 Å². The zero-order valence-electron chi connectivity index (χ0n) is 11.2. The van der Waals surface area contributed by atoms with Crippen LogP contribution in [0.3, 0.4) is 0 Å². The minimum atomic E-state index is -0.911. The van der Waals surface area contributed by atoms with Crippen molar-refractivity contribution in [3.05, 3.63) is 35.4 Å². The Balaban J connectivity index is 2.02. The van der Waals surface area contributed by atoms with Gasteiger partial charge in [-0.2, -0.15) is 0 Å². The summed E-state index contributed by atoms with van der Waals surface area (Å²) < 4.78 is 25.9. The number of carbonyl (C=O) groups excluding carboxylic acids is 1. The molecule has 0 radical (unpaired) electrons. The van der Waals surface area contributed by atoms with Crippen LogP contribution < -0.4 is 5.32 Å². The van der Waals surface area contributed by atoms with Crippen molar-refractivity contribution in [3.8, 4) is 0 Å². The highest BCUT2D eigenvalue weighted by Crippen LogP contribution is 2.14. The first kappa shape index (κ1) is 13.9. The predicted molar refractivity (Wildman–Crippen MR) is 68.7 cm³/mol. The summed E-state index contributed by atoms with van der Waals surface area (Å²) in [6.07, 6.45) is 0.104. The fourth-order valence-corrected chi connectivity index (χ4v) is 2.29. The van der Waals surface area contributed by atoms with Gasteiger partial charge in [-0.15, -0.1) is 0 Å². The SMILES string of the molecule is CC1(C)CN(C(=O)Cc2ccc(F)c(F)c2)CCN1. The minimum Gasteiger partial charge on any atom is -0.339 e. The fourth-order valence-electron chi connectivity index (χ4n) is 2.29. The van der Waals surface area contributed by atoms with Crippen LogP contribution in [0.4, 0.5) is 8.78 Å². The second-order valence-corrected chi connectivity index (χ2v) is 5.55. The summed E-state index contributed by atoms with van der Waals surface area (Å²) in [5, 5.41) is 3.32. The van der Waals surface area contributed by atoms with E-state index in [4.69, 9.17) is 0 Å². The first-order valence-electron chi connectivity index (χ1n) is 6.34. The van der Waals surface area contributed by atoms with Crippen LogP contribution in [0.15, 0.2) is 18.2 Å². The molecule has 1 aromatic carbocycles. The van der Waals surface area contributed by atoms with Crippen molar-refractivity contribution >= 4 is 5.91 Å². The van der Waals surface area contributed by atoms with E-state index in [1.165, 1.54) is 6.07 Å². The first-order chi connectivity index (χ1) is 8.87. The molecule has 0 aromatic heterocycles. The van der Waals surface area contributed by atoms with Crippen molar-refractivity contribution in [1.82, 2.24) is 10.2 Å². The molecular weight excluding hydrogens is 250 g/mol. The largest absolute Gasteiger partial charge is 0.339 e. The summed E-state index contributed by atoms with van der Waals surface area (Å²) in [7, 11) is 0. The molecule has 1 aliphatic heterocycles. The number of benzene rings is 1. The molecule has 5 heteroatoms. The lowest BCUT2D eigenvalue weighted by molar-refractivity contribution is -0.132. The van der Waals surface area contributed by atoms with Gasteiger partial charge in [-0.1, -0.05) is 6.07 Å². The third-order valence-corrected chi connectivity index (χ3v) is 3.26. The Morgan fingerprint density at radius 3 is 2.74 bits per heavy atom. The second kappa shape index (κ2) is 5.25. The standard InChI is InChI=1S/C14H18F2N2O/c1-14(2)9-18(6-5-17-14)13(19)8-10-3-4-11(15)12(16)7-10/h3-4,7,17H,5-6,8-9H2,1-2H3. The van der Waals surface area contributed by atoms with Gasteiger partial charge in [-0.25, -0.2) is 8.78 Å². The van der Waals surface area contributed by atoms with E-state index in [2.05, 4.69) is 5.32 Å². The molecule has 1 fully saturated rings. The molecule has 1 saturated heterocycles. The quantitative estimate of drug-likeness (QED) is 0.885. The molecule has 1 N–H and O–H groups in total. The van der Waals surface area contributed by atoms with Crippen molar-refractivity contribution < 1.29 is 13.6 Å². The van der Waals surface area contributed by atoms with Gasteiger partial charge >= 0.3 is 0 Å². The van der Waals surface area contributed by atoms with Crippen LogP contribution in [0, 0.1) is 11.6 Å². The molecule has 1 amide bonds. The van der Waals surface area contributed by atoms with E-state index in [1.807, 2.05) is 13.8 Å².